The molecule has 0 aliphatic carbocycles. The maximum Gasteiger partial charge on any atom is 0.322 e. The van der Waals surface area contributed by atoms with Gasteiger partial charge < -0.3 is 30.9 Å². The topological polar surface area (TPSA) is 219 Å². The molecule has 0 radical (unpaired) electrons. The summed E-state index contributed by atoms with van der Waals surface area (Å²) in [6.45, 7) is 0.562. The van der Waals surface area contributed by atoms with Gasteiger partial charge in [-0.2, -0.15) is 4.72 Å². The van der Waals surface area contributed by atoms with Crippen LogP contribution < -0.4 is 25.7 Å². The second-order valence-corrected chi connectivity index (χ2v) is 10.5. The summed E-state index contributed by atoms with van der Waals surface area (Å²) in [5.41, 5.74) is 10.5. The van der Waals surface area contributed by atoms with Gasteiger partial charge in [0.25, 0.3) is 0 Å². The lowest BCUT2D eigenvalue weighted by Crippen LogP contribution is -2.42. The molecule has 14 nitrogen and oxygen atoms in total. The van der Waals surface area contributed by atoms with Gasteiger partial charge in [-0.1, -0.05) is 29.8 Å². The van der Waals surface area contributed by atoms with E-state index in [1.165, 1.54) is 42.5 Å². The lowest BCUT2D eigenvalue weighted by molar-refractivity contribution is -0.385. The van der Waals surface area contributed by atoms with Crippen LogP contribution >= 0.6 is 11.6 Å². The third kappa shape index (κ3) is 9.23. The third-order valence-electron chi connectivity index (χ3n) is 5.27. The summed E-state index contributed by atoms with van der Waals surface area (Å²) in [5, 5.41) is 24.3. The first kappa shape index (κ1) is 30.9. The maximum atomic E-state index is 12.9. The molecule has 0 amide bonds. The summed E-state index contributed by atoms with van der Waals surface area (Å²) < 4.78 is 39.1. The highest BCUT2D eigenvalue weighted by molar-refractivity contribution is 7.89. The fraction of sp³-hybridized carbons (Fsp3) is 0.200. The van der Waals surface area contributed by atoms with E-state index in [1.807, 2.05) is 0 Å². The van der Waals surface area contributed by atoms with Crippen molar-refractivity contribution in [1.82, 2.24) is 4.72 Å². The zero-order valence-corrected chi connectivity index (χ0v) is 22.9. The van der Waals surface area contributed by atoms with Gasteiger partial charge in [0.15, 0.2) is 0 Å². The summed E-state index contributed by atoms with van der Waals surface area (Å²) in [6, 6.07) is 13.9. The lowest BCUT2D eigenvalue weighted by Gasteiger charge is -2.16. The van der Waals surface area contributed by atoms with Crippen molar-refractivity contribution in [1.29, 1.82) is 0 Å². The van der Waals surface area contributed by atoms with Crippen molar-refractivity contribution < 1.29 is 37.6 Å². The van der Waals surface area contributed by atoms with Crippen LogP contribution in [-0.2, 0) is 26.1 Å². The number of carboxylic acids is 1. The minimum absolute atomic E-state index is 0.00410. The number of guanidine groups is 1. The first-order valence-corrected chi connectivity index (χ1v) is 13.7. The van der Waals surface area contributed by atoms with Crippen molar-refractivity contribution in [2.75, 3.05) is 13.2 Å². The maximum absolute atomic E-state index is 12.9. The van der Waals surface area contributed by atoms with E-state index in [4.69, 9.17) is 37.4 Å². The second-order valence-electron chi connectivity index (χ2n) is 8.33. The number of hydrogen-bond acceptors (Lipinski definition) is 9. The molecule has 6 N–H and O–H groups in total. The number of benzene rings is 3. The van der Waals surface area contributed by atoms with Crippen molar-refractivity contribution in [2.24, 2.45) is 16.6 Å². The Balaban J connectivity index is 1.61. The number of nitrogens with zero attached hydrogens (tertiary/aromatic N) is 2. The Labute approximate surface area is 239 Å². The van der Waals surface area contributed by atoms with Crippen molar-refractivity contribution in [3.63, 3.8) is 0 Å². The number of hydrogen-bond donors (Lipinski definition) is 4. The molecule has 41 heavy (non-hydrogen) atoms. The summed E-state index contributed by atoms with van der Waals surface area (Å²) in [4.78, 5) is 27.1. The van der Waals surface area contributed by atoms with Gasteiger partial charge in [0, 0.05) is 12.5 Å². The van der Waals surface area contributed by atoms with Gasteiger partial charge in [-0.3, -0.25) is 14.9 Å². The molecule has 0 bridgehead atoms. The summed E-state index contributed by atoms with van der Waals surface area (Å²) in [6.07, 6.45) is 0.368. The highest BCUT2D eigenvalue weighted by Crippen LogP contribution is 2.37. The number of nitrogens with one attached hydrogen (secondary N) is 1. The van der Waals surface area contributed by atoms with Crippen molar-refractivity contribution in [3.05, 3.63) is 87.4 Å². The standard InChI is InChI=1S/C25H26ClN5O9S/c26-20-3-1-4-22(31(34)35)23(20)40-18-9-11-19(12-10-18)41(36,37)30-21(24(32)33)15-16-5-7-17(8-6-16)38-13-2-14-39-29-25(27)28/h1,3-12,21,30H,2,13-15H2,(H,32,33)(H4,27,28,29)/t21-/m0/s1. The van der Waals surface area contributed by atoms with Gasteiger partial charge in [-0.05, 0) is 59.6 Å². The van der Waals surface area contributed by atoms with Crippen LogP contribution in [0.2, 0.25) is 5.02 Å². The average Bonchev–Trinajstić information content (AvgIpc) is 2.92. The van der Waals surface area contributed by atoms with E-state index in [2.05, 4.69) is 9.88 Å². The molecule has 3 rings (SSSR count). The fourth-order valence-corrected chi connectivity index (χ4v) is 4.77. The third-order valence-corrected chi connectivity index (χ3v) is 7.06. The first-order valence-electron chi connectivity index (χ1n) is 11.8. The number of carbonyl (C=O) groups is 1. The zero-order valence-electron chi connectivity index (χ0n) is 21.3. The Morgan fingerprint density at radius 2 is 1.71 bits per heavy atom. The van der Waals surface area contributed by atoms with Crippen molar-refractivity contribution in [2.45, 2.75) is 23.8 Å². The Kier molecular flexibility index (Phi) is 10.7. The van der Waals surface area contributed by atoms with Gasteiger partial charge >= 0.3 is 11.7 Å². The van der Waals surface area contributed by atoms with E-state index in [9.17, 15) is 28.4 Å². The highest BCUT2D eigenvalue weighted by Gasteiger charge is 2.26. The summed E-state index contributed by atoms with van der Waals surface area (Å²) in [7, 11) is -4.26. The predicted molar refractivity (Wildman–Crippen MR) is 148 cm³/mol. The van der Waals surface area contributed by atoms with Gasteiger partial charge in [0.2, 0.25) is 21.7 Å². The molecule has 3 aromatic carbocycles. The molecule has 0 aliphatic rings. The molecular weight excluding hydrogens is 582 g/mol. The molecule has 0 unspecified atom stereocenters. The van der Waals surface area contributed by atoms with E-state index in [0.29, 0.717) is 24.3 Å². The van der Waals surface area contributed by atoms with E-state index in [0.717, 1.165) is 0 Å². The number of halogens is 1. The summed E-state index contributed by atoms with van der Waals surface area (Å²) in [5.74, 6) is -1.16. The molecule has 0 saturated heterocycles. The zero-order chi connectivity index (χ0) is 30.0. The number of para-hydroxylation sites is 1. The summed E-state index contributed by atoms with van der Waals surface area (Å²) >= 11 is 6.02. The minimum Gasteiger partial charge on any atom is -0.493 e. The average molecular weight is 608 g/mol. The van der Waals surface area contributed by atoms with Crippen LogP contribution in [0.15, 0.2) is 76.8 Å². The molecule has 0 saturated carbocycles. The van der Waals surface area contributed by atoms with Crippen LogP contribution in [0.5, 0.6) is 17.2 Å². The molecule has 218 valence electrons. The number of nitrogens with two attached hydrogens (primary N) is 2. The van der Waals surface area contributed by atoms with Crippen LogP contribution in [0.25, 0.3) is 0 Å². The monoisotopic (exact) mass is 607 g/mol. The molecule has 16 heteroatoms. The lowest BCUT2D eigenvalue weighted by atomic mass is 10.1. The molecule has 3 aromatic rings. The minimum atomic E-state index is -4.26. The molecule has 0 spiro atoms. The Hall–Kier alpha value is -4.60. The smallest absolute Gasteiger partial charge is 0.322 e. The largest absolute Gasteiger partial charge is 0.493 e. The second kappa shape index (κ2) is 14.2. The quantitative estimate of drug-likeness (QED) is 0.0646. The van der Waals surface area contributed by atoms with Gasteiger partial charge in [-0.25, -0.2) is 8.42 Å². The van der Waals surface area contributed by atoms with Crippen LogP contribution in [0, 0.1) is 10.1 Å². The van der Waals surface area contributed by atoms with Crippen LogP contribution in [0.3, 0.4) is 0 Å². The van der Waals surface area contributed by atoms with E-state index < -0.39 is 27.0 Å². The van der Waals surface area contributed by atoms with Crippen LogP contribution in [0.1, 0.15) is 12.0 Å². The Morgan fingerprint density at radius 1 is 1.05 bits per heavy atom. The SMILES string of the molecule is NC(N)=NOCCCOc1ccc(C[C@H](NS(=O)(=O)c2ccc(Oc3c(Cl)cccc3[N+](=O)[O-])cc2)C(=O)O)cc1. The van der Waals surface area contributed by atoms with Gasteiger partial charge in [0.1, 0.15) is 24.1 Å². The highest BCUT2D eigenvalue weighted by atomic mass is 35.5. The number of sulfonamides is 1. The van der Waals surface area contributed by atoms with Gasteiger partial charge in [0.05, 0.1) is 21.4 Å². The Bertz CT molecular complexity index is 1500. The van der Waals surface area contributed by atoms with Crippen molar-refractivity contribution in [3.8, 4) is 17.2 Å². The number of aliphatic carboxylic acids is 1. The van der Waals surface area contributed by atoms with Gasteiger partial charge in [-0.15, -0.1) is 0 Å². The Morgan fingerprint density at radius 3 is 2.32 bits per heavy atom. The van der Waals surface area contributed by atoms with Crippen LogP contribution in [-0.4, -0.2) is 49.6 Å². The number of carboxylic acid groups (broad SMARTS) is 1. The fourth-order valence-electron chi connectivity index (χ4n) is 3.37. The van der Waals surface area contributed by atoms with Crippen molar-refractivity contribution >= 4 is 39.2 Å². The number of nitro groups is 1. The molecule has 0 fully saturated rings. The normalized spacial score (nSPS) is 11.7. The number of oxime groups is 1. The molecular formula is C25H26ClN5O9S. The van der Waals surface area contributed by atoms with E-state index in [-0.39, 0.29) is 46.1 Å². The van der Waals surface area contributed by atoms with E-state index >= 15 is 0 Å². The predicted octanol–water partition coefficient (Wildman–Crippen LogP) is 2.99. The van der Waals surface area contributed by atoms with E-state index in [1.54, 1.807) is 24.3 Å². The van der Waals surface area contributed by atoms with Crippen LogP contribution in [0.4, 0.5) is 5.69 Å². The molecule has 0 heterocycles. The molecule has 1 atom stereocenters. The molecule has 0 aliphatic heterocycles. The number of nitro benzene ring substituents is 1. The number of rotatable bonds is 15. The molecule has 0 aromatic heterocycles. The number of ether oxygens (including phenoxy) is 2. The first-order chi connectivity index (χ1) is 19.5.